The van der Waals surface area contributed by atoms with Gasteiger partial charge in [0.05, 0.1) is 12.2 Å². The van der Waals surface area contributed by atoms with Gasteiger partial charge >= 0.3 is 0 Å². The highest BCUT2D eigenvalue weighted by atomic mass is 16.5. The van der Waals surface area contributed by atoms with Crippen LogP contribution in [0.2, 0.25) is 0 Å². The fraction of sp³-hybridized carbons (Fsp3) is 0.500. The van der Waals surface area contributed by atoms with Gasteiger partial charge in [0.2, 0.25) is 0 Å². The van der Waals surface area contributed by atoms with Crippen LogP contribution in [-0.4, -0.2) is 30.8 Å². The van der Waals surface area contributed by atoms with Crippen LogP contribution in [0.25, 0.3) is 0 Å². The lowest BCUT2D eigenvalue weighted by Crippen LogP contribution is -2.33. The number of hydroxylamine groups is 1. The lowest BCUT2D eigenvalue weighted by atomic mass is 10.1. The molecule has 5 nitrogen and oxygen atoms in total. The minimum Gasteiger partial charge on any atom is -0.490 e. The maximum atomic E-state index is 11.4. The van der Waals surface area contributed by atoms with E-state index in [9.17, 15) is 4.79 Å². The summed E-state index contributed by atoms with van der Waals surface area (Å²) in [5.74, 6) is 0.305. The van der Waals surface area contributed by atoms with Gasteiger partial charge in [0.25, 0.3) is 5.91 Å². The monoisotopic (exact) mass is 264 g/mol. The van der Waals surface area contributed by atoms with Crippen LogP contribution in [0.15, 0.2) is 18.2 Å². The van der Waals surface area contributed by atoms with Gasteiger partial charge < -0.3 is 9.64 Å². The number of benzene rings is 1. The smallest absolute Gasteiger partial charge is 0.274 e. The number of anilines is 1. The third-order valence-corrected chi connectivity index (χ3v) is 3.31. The number of nitrogens with zero attached hydrogens (tertiary/aromatic N) is 1. The molecule has 0 fully saturated rings. The van der Waals surface area contributed by atoms with Gasteiger partial charge in [-0.2, -0.15) is 0 Å². The molecule has 104 valence electrons. The number of unbranched alkanes of at least 4 members (excludes halogenated alkanes) is 2. The van der Waals surface area contributed by atoms with Crippen molar-refractivity contribution in [1.29, 1.82) is 0 Å². The number of amides is 1. The van der Waals surface area contributed by atoms with E-state index in [1.807, 2.05) is 0 Å². The first kappa shape index (κ1) is 13.7. The van der Waals surface area contributed by atoms with E-state index in [4.69, 9.17) is 9.94 Å². The fourth-order valence-corrected chi connectivity index (χ4v) is 2.26. The molecule has 1 heterocycles. The summed E-state index contributed by atoms with van der Waals surface area (Å²) in [5.41, 5.74) is 3.03. The van der Waals surface area contributed by atoms with E-state index < -0.39 is 5.91 Å². The molecule has 5 heteroatoms. The van der Waals surface area contributed by atoms with E-state index in [2.05, 4.69) is 11.8 Å². The zero-order chi connectivity index (χ0) is 13.7. The first-order chi connectivity index (χ1) is 9.26. The molecule has 2 rings (SSSR count). The van der Waals surface area contributed by atoms with Crippen molar-refractivity contribution in [3.63, 3.8) is 0 Å². The summed E-state index contributed by atoms with van der Waals surface area (Å²) in [6.07, 6.45) is 3.51. The second kappa shape index (κ2) is 6.43. The van der Waals surface area contributed by atoms with E-state index in [-0.39, 0.29) is 0 Å². The van der Waals surface area contributed by atoms with Crippen LogP contribution in [0, 0.1) is 0 Å². The van der Waals surface area contributed by atoms with Gasteiger partial charge in [-0.05, 0) is 24.6 Å². The standard InChI is InChI=1S/C14H20N2O3/c1-2-3-4-7-16-8-9-19-13-6-5-11(10-12(13)16)14(17)15-18/h5-6,10,18H,2-4,7-9H2,1H3,(H,15,17). The number of nitrogens with one attached hydrogen (secondary N) is 1. The van der Waals surface area contributed by atoms with Gasteiger partial charge in [0.1, 0.15) is 12.4 Å². The van der Waals surface area contributed by atoms with Crippen molar-refractivity contribution in [2.45, 2.75) is 26.2 Å². The highest BCUT2D eigenvalue weighted by molar-refractivity contribution is 5.94. The largest absolute Gasteiger partial charge is 0.490 e. The molecule has 0 saturated heterocycles. The Hall–Kier alpha value is -1.75. The predicted octanol–water partition coefficient (Wildman–Crippen LogP) is 2.19. The van der Waals surface area contributed by atoms with Gasteiger partial charge in [0.15, 0.2) is 0 Å². The molecule has 1 aliphatic rings. The lowest BCUT2D eigenvalue weighted by molar-refractivity contribution is 0.0706. The number of carbonyl (C=O) groups is 1. The van der Waals surface area contributed by atoms with E-state index in [1.165, 1.54) is 12.8 Å². The van der Waals surface area contributed by atoms with E-state index in [0.717, 1.165) is 30.9 Å². The third kappa shape index (κ3) is 3.17. The second-order valence-corrected chi connectivity index (χ2v) is 4.67. The minimum absolute atomic E-state index is 0.437. The molecule has 1 aliphatic heterocycles. The van der Waals surface area contributed by atoms with Crippen LogP contribution in [0.4, 0.5) is 5.69 Å². The summed E-state index contributed by atoms with van der Waals surface area (Å²) < 4.78 is 5.59. The Morgan fingerprint density at radius 2 is 2.32 bits per heavy atom. The van der Waals surface area contributed by atoms with Crippen molar-refractivity contribution in [3.05, 3.63) is 23.8 Å². The van der Waals surface area contributed by atoms with Crippen LogP contribution in [0.1, 0.15) is 36.5 Å². The van der Waals surface area contributed by atoms with Crippen molar-refractivity contribution in [3.8, 4) is 5.75 Å². The maximum absolute atomic E-state index is 11.4. The number of fused-ring (bicyclic) bond motifs is 1. The van der Waals surface area contributed by atoms with Crippen molar-refractivity contribution in [2.75, 3.05) is 24.6 Å². The zero-order valence-corrected chi connectivity index (χ0v) is 11.2. The number of hydrogen-bond donors (Lipinski definition) is 2. The fourth-order valence-electron chi connectivity index (χ4n) is 2.26. The molecule has 0 bridgehead atoms. The average Bonchev–Trinajstić information content (AvgIpc) is 2.46. The Morgan fingerprint density at radius 1 is 1.47 bits per heavy atom. The van der Waals surface area contributed by atoms with Crippen molar-refractivity contribution >= 4 is 11.6 Å². The Morgan fingerprint density at radius 3 is 3.05 bits per heavy atom. The van der Waals surface area contributed by atoms with Crippen LogP contribution < -0.4 is 15.1 Å². The van der Waals surface area contributed by atoms with Crippen LogP contribution in [0.5, 0.6) is 5.75 Å². The lowest BCUT2D eigenvalue weighted by Gasteiger charge is -2.31. The van der Waals surface area contributed by atoms with Gasteiger partial charge in [0, 0.05) is 12.1 Å². The van der Waals surface area contributed by atoms with Crippen molar-refractivity contribution < 1.29 is 14.7 Å². The topological polar surface area (TPSA) is 61.8 Å². The average molecular weight is 264 g/mol. The first-order valence-electron chi connectivity index (χ1n) is 6.72. The highest BCUT2D eigenvalue weighted by Gasteiger charge is 2.19. The van der Waals surface area contributed by atoms with Gasteiger partial charge in [-0.3, -0.25) is 10.0 Å². The van der Waals surface area contributed by atoms with Gasteiger partial charge in [-0.1, -0.05) is 19.8 Å². The molecule has 1 aromatic rings. The van der Waals surface area contributed by atoms with Gasteiger partial charge in [-0.25, -0.2) is 5.48 Å². The molecular weight excluding hydrogens is 244 g/mol. The van der Waals surface area contributed by atoms with E-state index in [0.29, 0.717) is 12.2 Å². The molecule has 19 heavy (non-hydrogen) atoms. The van der Waals surface area contributed by atoms with Crippen LogP contribution >= 0.6 is 0 Å². The summed E-state index contributed by atoms with van der Waals surface area (Å²) in [4.78, 5) is 13.7. The molecule has 1 amide bonds. The number of carbonyl (C=O) groups excluding carboxylic acids is 1. The van der Waals surface area contributed by atoms with Crippen LogP contribution in [-0.2, 0) is 0 Å². The molecule has 0 aromatic heterocycles. The summed E-state index contributed by atoms with van der Waals surface area (Å²) in [5, 5.41) is 8.69. The second-order valence-electron chi connectivity index (χ2n) is 4.67. The maximum Gasteiger partial charge on any atom is 0.274 e. The Kier molecular flexibility index (Phi) is 4.63. The summed E-state index contributed by atoms with van der Waals surface area (Å²) in [6.45, 7) is 4.65. The Labute approximate surface area is 113 Å². The Balaban J connectivity index is 2.17. The molecule has 0 aliphatic carbocycles. The normalized spacial score (nSPS) is 13.7. The highest BCUT2D eigenvalue weighted by Crippen LogP contribution is 2.32. The van der Waals surface area contributed by atoms with E-state index >= 15 is 0 Å². The minimum atomic E-state index is -0.498. The molecule has 0 saturated carbocycles. The molecule has 0 unspecified atom stereocenters. The number of hydrogen-bond acceptors (Lipinski definition) is 4. The molecule has 2 N–H and O–H groups in total. The summed E-state index contributed by atoms with van der Waals surface area (Å²) >= 11 is 0. The predicted molar refractivity (Wildman–Crippen MR) is 72.9 cm³/mol. The van der Waals surface area contributed by atoms with E-state index in [1.54, 1.807) is 23.7 Å². The first-order valence-corrected chi connectivity index (χ1v) is 6.72. The third-order valence-electron chi connectivity index (χ3n) is 3.31. The quantitative estimate of drug-likeness (QED) is 0.486. The molecule has 0 radical (unpaired) electrons. The molecule has 0 spiro atoms. The van der Waals surface area contributed by atoms with Crippen LogP contribution in [0.3, 0.4) is 0 Å². The molecule has 0 atom stereocenters. The number of ether oxygens (including phenoxy) is 1. The van der Waals surface area contributed by atoms with Gasteiger partial charge in [-0.15, -0.1) is 0 Å². The summed E-state index contributed by atoms with van der Waals surface area (Å²) in [7, 11) is 0. The van der Waals surface area contributed by atoms with Crippen molar-refractivity contribution in [1.82, 2.24) is 5.48 Å². The van der Waals surface area contributed by atoms with Crippen molar-refractivity contribution in [2.24, 2.45) is 0 Å². The zero-order valence-electron chi connectivity index (χ0n) is 11.2. The number of rotatable bonds is 5. The molecule has 1 aromatic carbocycles. The Bertz CT molecular complexity index is 448. The molecular formula is C14H20N2O3. The SMILES string of the molecule is CCCCCN1CCOc2ccc(C(=O)NO)cc21. The summed E-state index contributed by atoms with van der Waals surface area (Å²) in [6, 6.07) is 5.21.